The van der Waals surface area contributed by atoms with E-state index in [1.165, 1.54) is 0 Å². The Labute approximate surface area is 125 Å². The smallest absolute Gasteiger partial charge is 0.168 e. The second-order valence-electron chi connectivity index (χ2n) is 5.71. The van der Waals surface area contributed by atoms with E-state index in [-0.39, 0.29) is 11.6 Å². The Morgan fingerprint density at radius 2 is 2.19 bits per heavy atom. The molecular weight excluding hydrogens is 274 g/mol. The van der Waals surface area contributed by atoms with Crippen LogP contribution in [0.2, 0.25) is 0 Å². The van der Waals surface area contributed by atoms with Gasteiger partial charge in [-0.05, 0) is 32.9 Å². The van der Waals surface area contributed by atoms with Gasteiger partial charge in [0.1, 0.15) is 0 Å². The maximum Gasteiger partial charge on any atom is 0.168 e. The Morgan fingerprint density at radius 3 is 2.81 bits per heavy atom. The maximum atomic E-state index is 14.0. The molecule has 1 aliphatic heterocycles. The highest BCUT2D eigenvalue weighted by molar-refractivity contribution is 5.49. The van der Waals surface area contributed by atoms with Gasteiger partial charge >= 0.3 is 0 Å². The standard InChI is InChI=1S/C15H24F2N4/c1-4-7-18-14-12(16)9-13(17)15(19-14)21(3)10-11-6-5-8-20(11)2/h9,11H,4-8,10H2,1-3H3,(H,18,19). The highest BCUT2D eigenvalue weighted by Gasteiger charge is 2.24. The summed E-state index contributed by atoms with van der Waals surface area (Å²) < 4.78 is 27.7. The molecule has 0 aromatic carbocycles. The van der Waals surface area contributed by atoms with Crippen molar-refractivity contribution in [2.24, 2.45) is 0 Å². The van der Waals surface area contributed by atoms with Gasteiger partial charge in [-0.2, -0.15) is 0 Å². The predicted molar refractivity (Wildman–Crippen MR) is 81.9 cm³/mol. The summed E-state index contributed by atoms with van der Waals surface area (Å²) in [5, 5.41) is 2.90. The average molecular weight is 298 g/mol. The van der Waals surface area contributed by atoms with E-state index in [4.69, 9.17) is 0 Å². The van der Waals surface area contributed by atoms with E-state index >= 15 is 0 Å². The van der Waals surface area contributed by atoms with Crippen LogP contribution >= 0.6 is 0 Å². The minimum atomic E-state index is -0.643. The lowest BCUT2D eigenvalue weighted by atomic mass is 10.2. The molecule has 1 aliphatic rings. The number of pyridine rings is 1. The highest BCUT2D eigenvalue weighted by atomic mass is 19.1. The summed E-state index contributed by atoms with van der Waals surface area (Å²) in [6.45, 7) is 4.36. The molecule has 1 N–H and O–H groups in total. The molecule has 0 bridgehead atoms. The molecule has 0 amide bonds. The normalized spacial score (nSPS) is 19.0. The van der Waals surface area contributed by atoms with Gasteiger partial charge in [0.15, 0.2) is 23.3 Å². The number of nitrogens with zero attached hydrogens (tertiary/aromatic N) is 3. The summed E-state index contributed by atoms with van der Waals surface area (Å²) in [7, 11) is 3.88. The highest BCUT2D eigenvalue weighted by Crippen LogP contribution is 2.23. The van der Waals surface area contributed by atoms with Crippen molar-refractivity contribution in [2.45, 2.75) is 32.2 Å². The summed E-state index contributed by atoms with van der Waals surface area (Å²) >= 11 is 0. The van der Waals surface area contributed by atoms with Crippen LogP contribution in [0.5, 0.6) is 0 Å². The molecule has 1 aromatic rings. The number of anilines is 2. The molecular formula is C15H24F2N4. The summed E-state index contributed by atoms with van der Waals surface area (Å²) in [5.41, 5.74) is 0. The monoisotopic (exact) mass is 298 g/mol. The van der Waals surface area contributed by atoms with E-state index in [1.54, 1.807) is 11.9 Å². The summed E-state index contributed by atoms with van der Waals surface area (Å²) in [6, 6.07) is 1.31. The number of likely N-dealkylation sites (N-methyl/N-ethyl adjacent to an activating group) is 2. The Bertz CT molecular complexity index is 481. The third-order valence-electron chi connectivity index (χ3n) is 3.97. The molecule has 0 radical (unpaired) electrons. The number of halogens is 2. The lowest BCUT2D eigenvalue weighted by molar-refractivity contribution is 0.313. The van der Waals surface area contributed by atoms with E-state index in [1.807, 2.05) is 6.92 Å². The fourth-order valence-electron chi connectivity index (χ4n) is 2.70. The Hall–Kier alpha value is -1.43. The second kappa shape index (κ2) is 7.02. The maximum absolute atomic E-state index is 14.0. The third-order valence-corrected chi connectivity index (χ3v) is 3.97. The summed E-state index contributed by atoms with van der Waals surface area (Å²) in [4.78, 5) is 8.17. The zero-order valence-electron chi connectivity index (χ0n) is 13.0. The van der Waals surface area contributed by atoms with E-state index in [0.29, 0.717) is 19.1 Å². The van der Waals surface area contributed by atoms with Crippen molar-refractivity contribution in [1.29, 1.82) is 0 Å². The number of likely N-dealkylation sites (tertiary alicyclic amines) is 1. The van der Waals surface area contributed by atoms with Crippen molar-refractivity contribution < 1.29 is 8.78 Å². The Balaban J connectivity index is 2.13. The van der Waals surface area contributed by atoms with Crippen molar-refractivity contribution in [3.63, 3.8) is 0 Å². The molecule has 0 saturated carbocycles. The van der Waals surface area contributed by atoms with Gasteiger partial charge in [0, 0.05) is 32.2 Å². The minimum Gasteiger partial charge on any atom is -0.368 e. The van der Waals surface area contributed by atoms with Gasteiger partial charge in [-0.15, -0.1) is 0 Å². The number of aromatic nitrogens is 1. The molecule has 21 heavy (non-hydrogen) atoms. The molecule has 2 rings (SSSR count). The quantitative estimate of drug-likeness (QED) is 0.875. The zero-order valence-corrected chi connectivity index (χ0v) is 13.0. The van der Waals surface area contributed by atoms with Crippen LogP contribution in [0, 0.1) is 11.6 Å². The van der Waals surface area contributed by atoms with Crippen LogP contribution in [0.4, 0.5) is 20.4 Å². The van der Waals surface area contributed by atoms with Crippen molar-refractivity contribution >= 4 is 11.6 Å². The molecule has 2 heterocycles. The lowest BCUT2D eigenvalue weighted by Crippen LogP contribution is -2.37. The number of rotatable bonds is 6. The average Bonchev–Trinajstić information content (AvgIpc) is 2.83. The summed E-state index contributed by atoms with van der Waals surface area (Å²) in [5.74, 6) is -0.927. The minimum absolute atomic E-state index is 0.125. The first kappa shape index (κ1) is 15.9. The molecule has 1 aromatic heterocycles. The van der Waals surface area contributed by atoms with Crippen LogP contribution in [0.25, 0.3) is 0 Å². The van der Waals surface area contributed by atoms with Gasteiger partial charge in [0.25, 0.3) is 0 Å². The molecule has 4 nitrogen and oxygen atoms in total. The van der Waals surface area contributed by atoms with Crippen LogP contribution < -0.4 is 10.2 Å². The molecule has 0 spiro atoms. The Morgan fingerprint density at radius 1 is 1.43 bits per heavy atom. The van der Waals surface area contributed by atoms with Gasteiger partial charge in [-0.1, -0.05) is 6.92 Å². The van der Waals surface area contributed by atoms with Gasteiger partial charge in [0.05, 0.1) is 0 Å². The number of hydrogen-bond acceptors (Lipinski definition) is 4. The van der Waals surface area contributed by atoms with Crippen molar-refractivity contribution in [1.82, 2.24) is 9.88 Å². The fraction of sp³-hybridized carbons (Fsp3) is 0.667. The predicted octanol–water partition coefficient (Wildman–Crippen LogP) is 2.71. The van der Waals surface area contributed by atoms with Crippen molar-refractivity contribution in [2.75, 3.05) is 43.9 Å². The lowest BCUT2D eigenvalue weighted by Gasteiger charge is -2.27. The van der Waals surface area contributed by atoms with E-state index in [2.05, 4.69) is 22.2 Å². The third kappa shape index (κ3) is 3.81. The van der Waals surface area contributed by atoms with Crippen LogP contribution in [0.1, 0.15) is 26.2 Å². The Kier molecular flexibility index (Phi) is 5.33. The topological polar surface area (TPSA) is 31.4 Å². The van der Waals surface area contributed by atoms with Gasteiger partial charge in [-0.3, -0.25) is 0 Å². The van der Waals surface area contributed by atoms with Gasteiger partial charge < -0.3 is 15.1 Å². The molecule has 0 aliphatic carbocycles. The van der Waals surface area contributed by atoms with Crippen LogP contribution in [-0.2, 0) is 0 Å². The van der Waals surface area contributed by atoms with Crippen molar-refractivity contribution in [3.05, 3.63) is 17.7 Å². The van der Waals surface area contributed by atoms with Crippen LogP contribution in [0.15, 0.2) is 6.07 Å². The first-order valence-corrected chi connectivity index (χ1v) is 7.54. The van der Waals surface area contributed by atoms with Crippen LogP contribution in [0.3, 0.4) is 0 Å². The first-order chi connectivity index (χ1) is 10.0. The van der Waals surface area contributed by atoms with E-state index in [9.17, 15) is 8.78 Å². The molecule has 1 fully saturated rings. The second-order valence-corrected chi connectivity index (χ2v) is 5.71. The van der Waals surface area contributed by atoms with Crippen molar-refractivity contribution in [3.8, 4) is 0 Å². The fourth-order valence-corrected chi connectivity index (χ4v) is 2.70. The molecule has 6 heteroatoms. The number of nitrogens with one attached hydrogen (secondary N) is 1. The molecule has 1 saturated heterocycles. The first-order valence-electron chi connectivity index (χ1n) is 7.54. The van der Waals surface area contributed by atoms with E-state index < -0.39 is 11.6 Å². The molecule has 1 unspecified atom stereocenters. The SMILES string of the molecule is CCCNc1nc(N(C)CC2CCCN2C)c(F)cc1F. The zero-order chi connectivity index (χ0) is 15.4. The van der Waals surface area contributed by atoms with Gasteiger partial charge in [-0.25, -0.2) is 13.8 Å². The van der Waals surface area contributed by atoms with Crippen LogP contribution in [-0.4, -0.2) is 49.7 Å². The largest absolute Gasteiger partial charge is 0.368 e. The summed E-state index contributed by atoms with van der Waals surface area (Å²) in [6.07, 6.45) is 3.12. The molecule has 118 valence electrons. The molecule has 1 atom stereocenters. The van der Waals surface area contributed by atoms with Gasteiger partial charge in [0.2, 0.25) is 0 Å². The number of hydrogen-bond donors (Lipinski definition) is 1. The van der Waals surface area contributed by atoms with E-state index in [0.717, 1.165) is 31.9 Å².